The fourth-order valence-corrected chi connectivity index (χ4v) is 2.93. The van der Waals surface area contributed by atoms with Crippen LogP contribution in [0.3, 0.4) is 0 Å². The zero-order chi connectivity index (χ0) is 17.4. The molecule has 0 aliphatic carbocycles. The number of nitrogens with zero attached hydrogens (tertiary/aromatic N) is 1. The summed E-state index contributed by atoms with van der Waals surface area (Å²) in [7, 11) is 1.66. The van der Waals surface area contributed by atoms with Crippen LogP contribution in [0.1, 0.15) is 31.0 Å². The van der Waals surface area contributed by atoms with E-state index in [9.17, 15) is 0 Å². The molecule has 1 unspecified atom stereocenters. The molecule has 24 heavy (non-hydrogen) atoms. The van der Waals surface area contributed by atoms with Gasteiger partial charge in [0.1, 0.15) is 0 Å². The van der Waals surface area contributed by atoms with Crippen LogP contribution in [0.15, 0.2) is 48.5 Å². The smallest absolute Gasteiger partial charge is 0.161 e. The maximum atomic E-state index is 6.12. The molecule has 2 aromatic rings. The lowest BCUT2D eigenvalue weighted by Gasteiger charge is -2.30. The van der Waals surface area contributed by atoms with Gasteiger partial charge in [0.25, 0.3) is 0 Å². The summed E-state index contributed by atoms with van der Waals surface area (Å²) in [4.78, 5) is 2.38. The van der Waals surface area contributed by atoms with Crippen LogP contribution in [0.25, 0.3) is 0 Å². The molecule has 0 aliphatic heterocycles. The third kappa shape index (κ3) is 4.49. The molecule has 2 rings (SSSR count). The van der Waals surface area contributed by atoms with E-state index in [-0.39, 0.29) is 6.04 Å². The Labute approximate surface area is 145 Å². The van der Waals surface area contributed by atoms with Crippen LogP contribution in [0.2, 0.25) is 0 Å². The molecule has 0 fully saturated rings. The van der Waals surface area contributed by atoms with E-state index in [4.69, 9.17) is 15.2 Å². The lowest BCUT2D eigenvalue weighted by atomic mass is 10.0. The van der Waals surface area contributed by atoms with E-state index in [1.165, 1.54) is 5.56 Å². The number of rotatable bonds is 9. The Kier molecular flexibility index (Phi) is 7.09. The topological polar surface area (TPSA) is 47.7 Å². The largest absolute Gasteiger partial charge is 0.493 e. The van der Waals surface area contributed by atoms with Crippen molar-refractivity contribution in [1.29, 1.82) is 0 Å². The van der Waals surface area contributed by atoms with Crippen LogP contribution >= 0.6 is 0 Å². The normalized spacial score (nSPS) is 12.2. The minimum absolute atomic E-state index is 0.139. The second-order valence-corrected chi connectivity index (χ2v) is 5.64. The molecule has 1 atom stereocenters. The van der Waals surface area contributed by atoms with Gasteiger partial charge in [-0.15, -0.1) is 0 Å². The van der Waals surface area contributed by atoms with Gasteiger partial charge in [0, 0.05) is 19.1 Å². The van der Waals surface area contributed by atoms with Gasteiger partial charge >= 0.3 is 0 Å². The highest BCUT2D eigenvalue weighted by Gasteiger charge is 2.19. The van der Waals surface area contributed by atoms with E-state index in [2.05, 4.69) is 42.2 Å². The van der Waals surface area contributed by atoms with Crippen molar-refractivity contribution in [2.45, 2.75) is 26.4 Å². The Bertz CT molecular complexity index is 616. The zero-order valence-corrected chi connectivity index (χ0v) is 14.9. The van der Waals surface area contributed by atoms with Crippen LogP contribution in [0, 0.1) is 0 Å². The van der Waals surface area contributed by atoms with Crippen molar-refractivity contribution in [3.8, 4) is 11.5 Å². The molecule has 0 bridgehead atoms. The van der Waals surface area contributed by atoms with E-state index in [1.54, 1.807) is 7.11 Å². The number of methoxy groups -OCH3 is 1. The van der Waals surface area contributed by atoms with Crippen molar-refractivity contribution in [3.05, 3.63) is 59.7 Å². The molecular formula is C20H28N2O2. The van der Waals surface area contributed by atoms with Crippen LogP contribution in [0.4, 0.5) is 0 Å². The minimum atomic E-state index is 0.139. The summed E-state index contributed by atoms with van der Waals surface area (Å²) in [5.41, 5.74) is 8.56. The lowest BCUT2D eigenvalue weighted by molar-refractivity contribution is 0.202. The van der Waals surface area contributed by atoms with E-state index >= 15 is 0 Å². The molecule has 0 spiro atoms. The van der Waals surface area contributed by atoms with Crippen molar-refractivity contribution in [2.75, 3.05) is 26.8 Å². The Morgan fingerprint density at radius 2 is 1.79 bits per heavy atom. The van der Waals surface area contributed by atoms with Crippen molar-refractivity contribution in [1.82, 2.24) is 4.90 Å². The summed E-state index contributed by atoms with van der Waals surface area (Å²) in [6, 6.07) is 16.7. The number of likely N-dealkylation sites (N-methyl/N-ethyl adjacent to an activating group) is 1. The van der Waals surface area contributed by atoms with Crippen molar-refractivity contribution < 1.29 is 9.47 Å². The van der Waals surface area contributed by atoms with Gasteiger partial charge in [-0.1, -0.05) is 43.3 Å². The molecule has 0 saturated carbocycles. The van der Waals surface area contributed by atoms with E-state index in [1.807, 2.05) is 25.1 Å². The van der Waals surface area contributed by atoms with Crippen molar-refractivity contribution in [3.63, 3.8) is 0 Å². The van der Waals surface area contributed by atoms with Gasteiger partial charge in [-0.25, -0.2) is 0 Å². The highest BCUT2D eigenvalue weighted by atomic mass is 16.5. The Hall–Kier alpha value is -2.04. The predicted molar refractivity (Wildman–Crippen MR) is 98.5 cm³/mol. The summed E-state index contributed by atoms with van der Waals surface area (Å²) in [5, 5.41) is 0. The van der Waals surface area contributed by atoms with Crippen molar-refractivity contribution >= 4 is 0 Å². The number of benzene rings is 2. The molecule has 0 saturated heterocycles. The minimum Gasteiger partial charge on any atom is -0.493 e. The number of hydrogen-bond acceptors (Lipinski definition) is 4. The van der Waals surface area contributed by atoms with Crippen LogP contribution < -0.4 is 15.2 Å². The van der Waals surface area contributed by atoms with Gasteiger partial charge in [-0.3, -0.25) is 4.90 Å². The fourth-order valence-electron chi connectivity index (χ4n) is 2.93. The lowest BCUT2D eigenvalue weighted by Crippen LogP contribution is -2.33. The first-order chi connectivity index (χ1) is 11.7. The summed E-state index contributed by atoms with van der Waals surface area (Å²) < 4.78 is 11.1. The highest BCUT2D eigenvalue weighted by Crippen LogP contribution is 2.32. The Morgan fingerprint density at radius 1 is 1.04 bits per heavy atom. The molecule has 130 valence electrons. The van der Waals surface area contributed by atoms with Gasteiger partial charge < -0.3 is 15.2 Å². The average Bonchev–Trinajstić information content (AvgIpc) is 2.63. The number of hydrogen-bond donors (Lipinski definition) is 1. The summed E-state index contributed by atoms with van der Waals surface area (Å²) in [6.45, 7) is 7.09. The average molecular weight is 328 g/mol. The quantitative estimate of drug-likeness (QED) is 0.764. The SMILES string of the molecule is CCOc1cc(C(CN)N(CC)Cc2ccccc2)ccc1OC. The van der Waals surface area contributed by atoms with E-state index in [0.717, 1.165) is 30.2 Å². The molecule has 0 aromatic heterocycles. The second kappa shape index (κ2) is 9.30. The zero-order valence-electron chi connectivity index (χ0n) is 14.9. The molecule has 4 heteroatoms. The maximum Gasteiger partial charge on any atom is 0.161 e. The van der Waals surface area contributed by atoms with Crippen LogP contribution in [0.5, 0.6) is 11.5 Å². The molecule has 4 nitrogen and oxygen atoms in total. The van der Waals surface area contributed by atoms with E-state index < -0.39 is 0 Å². The molecule has 0 aliphatic rings. The summed E-state index contributed by atoms with van der Waals surface area (Å²) in [5.74, 6) is 1.52. The molecule has 0 heterocycles. The van der Waals surface area contributed by atoms with Crippen LogP contribution in [-0.4, -0.2) is 31.7 Å². The fraction of sp³-hybridized carbons (Fsp3) is 0.400. The Morgan fingerprint density at radius 3 is 2.38 bits per heavy atom. The first kappa shape index (κ1) is 18.3. The van der Waals surface area contributed by atoms with E-state index in [0.29, 0.717) is 13.2 Å². The van der Waals surface area contributed by atoms with Gasteiger partial charge in [-0.05, 0) is 36.7 Å². The number of ether oxygens (including phenoxy) is 2. The second-order valence-electron chi connectivity index (χ2n) is 5.64. The number of nitrogens with two attached hydrogens (primary N) is 1. The predicted octanol–water partition coefficient (Wildman–Crippen LogP) is 3.62. The monoisotopic (exact) mass is 328 g/mol. The third-order valence-corrected chi connectivity index (χ3v) is 4.17. The van der Waals surface area contributed by atoms with Crippen molar-refractivity contribution in [2.24, 2.45) is 5.73 Å². The third-order valence-electron chi connectivity index (χ3n) is 4.17. The molecular weight excluding hydrogens is 300 g/mol. The summed E-state index contributed by atoms with van der Waals surface area (Å²) in [6.07, 6.45) is 0. The highest BCUT2D eigenvalue weighted by molar-refractivity contribution is 5.44. The van der Waals surface area contributed by atoms with Gasteiger partial charge in [0.15, 0.2) is 11.5 Å². The molecule has 2 N–H and O–H groups in total. The van der Waals surface area contributed by atoms with Gasteiger partial charge in [0.2, 0.25) is 0 Å². The first-order valence-electron chi connectivity index (χ1n) is 8.52. The van der Waals surface area contributed by atoms with Gasteiger partial charge in [0.05, 0.1) is 13.7 Å². The standard InChI is InChI=1S/C20H28N2O2/c1-4-22(15-16-9-7-6-8-10-16)18(14-21)17-11-12-19(23-3)20(13-17)24-5-2/h6-13,18H,4-5,14-15,21H2,1-3H3. The first-order valence-corrected chi connectivity index (χ1v) is 8.52. The molecule has 0 amide bonds. The van der Waals surface area contributed by atoms with Gasteiger partial charge in [-0.2, -0.15) is 0 Å². The Balaban J connectivity index is 2.26. The van der Waals surface area contributed by atoms with Crippen LogP contribution in [-0.2, 0) is 6.54 Å². The molecule has 2 aromatic carbocycles. The summed E-state index contributed by atoms with van der Waals surface area (Å²) >= 11 is 0. The maximum absolute atomic E-state index is 6.12. The molecule has 0 radical (unpaired) electrons.